The molecule has 3 rings (SSSR count). The number of nitriles is 1. The minimum atomic E-state index is -5.08. The summed E-state index contributed by atoms with van der Waals surface area (Å²) in [4.78, 5) is 21.3. The predicted molar refractivity (Wildman–Crippen MR) is 103 cm³/mol. The highest BCUT2D eigenvalue weighted by Gasteiger charge is 2.37. The molecule has 1 aromatic carbocycles. The molecule has 0 radical (unpaired) electrons. The first kappa shape index (κ1) is 24.1. The Kier molecular flexibility index (Phi) is 6.63. The van der Waals surface area contributed by atoms with E-state index < -0.39 is 41.0 Å². The molecular weight excluding hydrogens is 474 g/mol. The number of alkyl halides is 6. The molecule has 3 aromatic rings. The zero-order chi connectivity index (χ0) is 24.4. The molecule has 0 saturated heterocycles. The highest BCUT2D eigenvalue weighted by Crippen LogP contribution is 2.36. The molecule has 33 heavy (non-hydrogen) atoms. The van der Waals surface area contributed by atoms with Gasteiger partial charge in [-0.15, -0.1) is 0 Å². The SMILES string of the molecule is CC(NC(=O)c1cc(C(F)(F)F)cc(C(F)(F)F)c1)c1nccnc1-n1cc(SC#N)cn1. The Morgan fingerprint density at radius 1 is 1.09 bits per heavy atom. The molecule has 0 fully saturated rings. The van der Waals surface area contributed by atoms with E-state index in [4.69, 9.17) is 5.26 Å². The van der Waals surface area contributed by atoms with Crippen LogP contribution in [0.25, 0.3) is 5.82 Å². The molecule has 0 aliphatic carbocycles. The molecule has 7 nitrogen and oxygen atoms in total. The normalized spacial score (nSPS) is 12.8. The Balaban J connectivity index is 1.92. The van der Waals surface area contributed by atoms with E-state index >= 15 is 0 Å². The van der Waals surface area contributed by atoms with E-state index in [0.29, 0.717) is 17.0 Å². The molecule has 0 bridgehead atoms. The maximum absolute atomic E-state index is 13.1. The molecule has 172 valence electrons. The molecule has 0 spiro atoms. The Morgan fingerprint density at radius 3 is 2.27 bits per heavy atom. The Morgan fingerprint density at radius 2 is 1.70 bits per heavy atom. The number of amides is 1. The van der Waals surface area contributed by atoms with Crippen molar-refractivity contribution in [1.82, 2.24) is 25.1 Å². The second kappa shape index (κ2) is 9.10. The van der Waals surface area contributed by atoms with E-state index in [2.05, 4.69) is 20.4 Å². The largest absolute Gasteiger partial charge is 0.416 e. The predicted octanol–water partition coefficient (Wildman–Crippen LogP) is 4.76. The van der Waals surface area contributed by atoms with Gasteiger partial charge >= 0.3 is 12.4 Å². The molecule has 1 N–H and O–H groups in total. The number of hydrogen-bond donors (Lipinski definition) is 1. The van der Waals surface area contributed by atoms with Gasteiger partial charge < -0.3 is 5.32 Å². The number of carbonyl (C=O) groups is 1. The van der Waals surface area contributed by atoms with Gasteiger partial charge in [0.25, 0.3) is 5.91 Å². The van der Waals surface area contributed by atoms with Gasteiger partial charge in [0, 0.05) is 24.2 Å². The van der Waals surface area contributed by atoms with Gasteiger partial charge in [0.15, 0.2) is 5.82 Å². The average Bonchev–Trinajstić information content (AvgIpc) is 3.21. The van der Waals surface area contributed by atoms with Crippen molar-refractivity contribution in [1.29, 1.82) is 5.26 Å². The lowest BCUT2D eigenvalue weighted by Crippen LogP contribution is -2.29. The molecule has 2 heterocycles. The molecule has 14 heteroatoms. The van der Waals surface area contributed by atoms with E-state index in [1.165, 1.54) is 36.4 Å². The van der Waals surface area contributed by atoms with E-state index in [0.717, 1.165) is 11.8 Å². The fourth-order valence-corrected chi connectivity index (χ4v) is 3.14. The molecule has 1 unspecified atom stereocenters. The minimum Gasteiger partial charge on any atom is -0.344 e. The second-order valence-electron chi connectivity index (χ2n) is 6.57. The standard InChI is InChI=1S/C19H12F6N6OS/c1-10(15-16(28-3-2-27-15)31-8-14(7-29-31)33-9-26)30-17(32)11-4-12(18(20,21)22)6-13(5-11)19(23,24)25/h2-8,10H,1H3,(H,30,32). The summed E-state index contributed by atoms with van der Waals surface area (Å²) in [5.41, 5.74) is -3.88. The number of rotatable bonds is 5. The molecule has 1 amide bonds. The fourth-order valence-electron chi connectivity index (χ4n) is 2.79. The summed E-state index contributed by atoms with van der Waals surface area (Å²) in [7, 11) is 0. The fraction of sp³-hybridized carbons (Fsp3) is 0.211. The maximum Gasteiger partial charge on any atom is 0.416 e. The number of thiocyanates is 1. The van der Waals surface area contributed by atoms with Crippen LogP contribution in [0.5, 0.6) is 0 Å². The lowest BCUT2D eigenvalue weighted by Gasteiger charge is -2.18. The van der Waals surface area contributed by atoms with Gasteiger partial charge in [-0.1, -0.05) is 0 Å². The highest BCUT2D eigenvalue weighted by molar-refractivity contribution is 8.03. The molecule has 0 aliphatic heterocycles. The smallest absolute Gasteiger partial charge is 0.344 e. The van der Waals surface area contributed by atoms with E-state index in [9.17, 15) is 31.1 Å². The van der Waals surface area contributed by atoms with Crippen LogP contribution < -0.4 is 5.32 Å². The van der Waals surface area contributed by atoms with Crippen molar-refractivity contribution in [3.05, 3.63) is 65.4 Å². The van der Waals surface area contributed by atoms with Gasteiger partial charge in [0.2, 0.25) is 0 Å². The first-order valence-electron chi connectivity index (χ1n) is 8.92. The number of nitrogens with zero attached hydrogens (tertiary/aromatic N) is 5. The molecule has 1 atom stereocenters. The van der Waals surface area contributed by atoms with Gasteiger partial charge in [-0.2, -0.15) is 36.7 Å². The molecular formula is C19H12F6N6OS. The van der Waals surface area contributed by atoms with Crippen molar-refractivity contribution in [2.75, 3.05) is 0 Å². The van der Waals surface area contributed by atoms with Gasteiger partial charge in [-0.25, -0.2) is 9.67 Å². The van der Waals surface area contributed by atoms with Crippen molar-refractivity contribution < 1.29 is 31.1 Å². The second-order valence-corrected chi connectivity index (χ2v) is 7.43. The number of halogens is 6. The summed E-state index contributed by atoms with van der Waals surface area (Å²) in [6.45, 7) is 1.43. The average molecular weight is 486 g/mol. The summed E-state index contributed by atoms with van der Waals surface area (Å²) in [6, 6.07) is -0.349. The third kappa shape index (κ3) is 5.61. The Bertz CT molecular complexity index is 1180. The summed E-state index contributed by atoms with van der Waals surface area (Å²) in [5, 5.41) is 17.0. The van der Waals surface area contributed by atoms with E-state index in [1.807, 2.05) is 5.40 Å². The van der Waals surface area contributed by atoms with Crippen LogP contribution in [0.15, 0.2) is 47.9 Å². The van der Waals surface area contributed by atoms with Gasteiger partial charge in [0.05, 0.1) is 28.3 Å². The highest BCUT2D eigenvalue weighted by atomic mass is 32.2. The zero-order valence-corrected chi connectivity index (χ0v) is 17.3. The van der Waals surface area contributed by atoms with Crippen molar-refractivity contribution >= 4 is 17.7 Å². The van der Waals surface area contributed by atoms with Crippen LogP contribution in [0.4, 0.5) is 26.3 Å². The number of hydrogen-bond acceptors (Lipinski definition) is 6. The van der Waals surface area contributed by atoms with Crippen LogP contribution >= 0.6 is 11.8 Å². The van der Waals surface area contributed by atoms with Crippen molar-refractivity contribution in [3.8, 4) is 11.2 Å². The molecule has 0 saturated carbocycles. The molecule has 0 aliphatic rings. The number of thioether (sulfide) groups is 1. The Labute approximate surface area is 186 Å². The van der Waals surface area contributed by atoms with Crippen LogP contribution in [-0.2, 0) is 12.4 Å². The van der Waals surface area contributed by atoms with Crippen LogP contribution in [-0.4, -0.2) is 25.7 Å². The molecule has 2 aromatic heterocycles. The summed E-state index contributed by atoms with van der Waals surface area (Å²) < 4.78 is 79.7. The van der Waals surface area contributed by atoms with Crippen LogP contribution in [0.2, 0.25) is 0 Å². The van der Waals surface area contributed by atoms with Gasteiger partial charge in [-0.3, -0.25) is 9.78 Å². The lowest BCUT2D eigenvalue weighted by atomic mass is 10.0. The van der Waals surface area contributed by atoms with Crippen LogP contribution in [0.3, 0.4) is 0 Å². The lowest BCUT2D eigenvalue weighted by molar-refractivity contribution is -0.143. The monoisotopic (exact) mass is 486 g/mol. The van der Waals surface area contributed by atoms with Crippen molar-refractivity contribution in [3.63, 3.8) is 0 Å². The van der Waals surface area contributed by atoms with Crippen LogP contribution in [0.1, 0.15) is 40.1 Å². The maximum atomic E-state index is 13.1. The van der Waals surface area contributed by atoms with Crippen molar-refractivity contribution in [2.24, 2.45) is 0 Å². The first-order chi connectivity index (χ1) is 15.4. The van der Waals surface area contributed by atoms with Crippen LogP contribution in [0, 0.1) is 10.7 Å². The quantitative estimate of drug-likeness (QED) is 0.317. The summed E-state index contributed by atoms with van der Waals surface area (Å²) in [6.07, 6.45) is -4.69. The number of benzene rings is 1. The third-order valence-corrected chi connectivity index (χ3v) is 4.79. The first-order valence-corrected chi connectivity index (χ1v) is 9.74. The summed E-state index contributed by atoms with van der Waals surface area (Å²) in [5.74, 6) is -1.02. The topological polar surface area (TPSA) is 96.5 Å². The van der Waals surface area contributed by atoms with Crippen molar-refractivity contribution in [2.45, 2.75) is 30.2 Å². The summed E-state index contributed by atoms with van der Waals surface area (Å²) >= 11 is 0.840. The van der Waals surface area contributed by atoms with E-state index in [-0.39, 0.29) is 17.6 Å². The number of nitrogens with one attached hydrogen (secondary N) is 1. The third-order valence-electron chi connectivity index (χ3n) is 4.25. The number of carbonyl (C=O) groups excluding carboxylic acids is 1. The Hall–Kier alpha value is -3.60. The van der Waals surface area contributed by atoms with E-state index in [1.54, 1.807) is 0 Å². The minimum absolute atomic E-state index is 0.0600. The van der Waals surface area contributed by atoms with Gasteiger partial charge in [0.1, 0.15) is 11.1 Å². The zero-order valence-electron chi connectivity index (χ0n) is 16.4. The number of aromatic nitrogens is 4. The van der Waals surface area contributed by atoms with Gasteiger partial charge in [-0.05, 0) is 36.9 Å².